The van der Waals surface area contributed by atoms with Crippen molar-refractivity contribution in [2.24, 2.45) is 0 Å². The van der Waals surface area contributed by atoms with Crippen molar-refractivity contribution in [1.82, 2.24) is 9.80 Å². The molecule has 130 valence electrons. The SMILES string of the molecule is O=C(/C=C(\c1ccccc1)C(F)(F)F)N1CCCN2CCC[C@H]2C1. The molecule has 0 unspecified atom stereocenters. The topological polar surface area (TPSA) is 23.6 Å². The molecule has 0 bridgehead atoms. The molecule has 1 aromatic carbocycles. The van der Waals surface area contributed by atoms with Gasteiger partial charge in [-0.3, -0.25) is 9.69 Å². The number of nitrogens with zero attached hydrogens (tertiary/aromatic N) is 2. The Hall–Kier alpha value is -1.82. The standard InChI is InChI=1S/C18H21F3N2O/c19-18(20,21)16(14-6-2-1-3-7-14)12-17(24)23-11-5-10-22-9-4-8-15(22)13-23/h1-3,6-7,12,15H,4-5,8-11,13H2/b16-12+/t15-/m0/s1. The largest absolute Gasteiger partial charge is 0.417 e. The van der Waals surface area contributed by atoms with Crippen LogP contribution in [0.4, 0.5) is 13.2 Å². The smallest absolute Gasteiger partial charge is 0.338 e. The molecule has 2 aliphatic heterocycles. The van der Waals surface area contributed by atoms with Crippen LogP contribution in [0.25, 0.3) is 5.57 Å². The Balaban J connectivity index is 1.82. The number of alkyl halides is 3. The van der Waals surface area contributed by atoms with Gasteiger partial charge < -0.3 is 4.90 Å². The van der Waals surface area contributed by atoms with Crippen molar-refractivity contribution < 1.29 is 18.0 Å². The first kappa shape index (κ1) is 17.0. The van der Waals surface area contributed by atoms with Gasteiger partial charge in [0.15, 0.2) is 0 Å². The highest BCUT2D eigenvalue weighted by molar-refractivity contribution is 5.96. The van der Waals surface area contributed by atoms with Crippen LogP contribution < -0.4 is 0 Å². The summed E-state index contributed by atoms with van der Waals surface area (Å²) in [6.45, 7) is 2.99. The summed E-state index contributed by atoms with van der Waals surface area (Å²) < 4.78 is 40.1. The summed E-state index contributed by atoms with van der Waals surface area (Å²) in [5.41, 5.74) is -0.851. The number of fused-ring (bicyclic) bond motifs is 1. The Bertz CT molecular complexity index is 612. The van der Waals surface area contributed by atoms with E-state index in [4.69, 9.17) is 0 Å². The molecule has 2 aliphatic rings. The number of rotatable bonds is 2. The predicted octanol–water partition coefficient (Wildman–Crippen LogP) is 3.33. The van der Waals surface area contributed by atoms with Gasteiger partial charge in [0.05, 0.1) is 5.57 Å². The molecule has 0 saturated carbocycles. The van der Waals surface area contributed by atoms with Crippen LogP contribution in [0.3, 0.4) is 0 Å². The summed E-state index contributed by atoms with van der Waals surface area (Å²) in [6, 6.07) is 7.80. The Morgan fingerprint density at radius 3 is 2.50 bits per heavy atom. The quantitative estimate of drug-likeness (QED) is 0.772. The first-order valence-corrected chi connectivity index (χ1v) is 8.32. The first-order valence-electron chi connectivity index (χ1n) is 8.32. The molecule has 0 aliphatic carbocycles. The monoisotopic (exact) mass is 338 g/mol. The molecule has 1 atom stereocenters. The molecule has 1 amide bonds. The summed E-state index contributed by atoms with van der Waals surface area (Å²) in [6.07, 6.45) is -0.871. The van der Waals surface area contributed by atoms with Crippen LogP contribution >= 0.6 is 0 Å². The fourth-order valence-corrected chi connectivity index (χ4v) is 3.57. The van der Waals surface area contributed by atoms with Gasteiger partial charge in [0, 0.05) is 31.8 Å². The molecule has 0 aromatic heterocycles. The van der Waals surface area contributed by atoms with Gasteiger partial charge in [-0.2, -0.15) is 13.2 Å². The van der Waals surface area contributed by atoms with Crippen LogP contribution in [0.5, 0.6) is 0 Å². The second-order valence-corrected chi connectivity index (χ2v) is 6.39. The minimum Gasteiger partial charge on any atom is -0.338 e. The van der Waals surface area contributed by atoms with E-state index in [0.29, 0.717) is 13.1 Å². The molecule has 0 N–H and O–H groups in total. The summed E-state index contributed by atoms with van der Waals surface area (Å²) in [4.78, 5) is 16.4. The Morgan fingerprint density at radius 1 is 1.08 bits per heavy atom. The minimum atomic E-state index is -4.55. The fourth-order valence-electron chi connectivity index (χ4n) is 3.57. The third-order valence-electron chi connectivity index (χ3n) is 4.77. The molecule has 1 aromatic rings. The Morgan fingerprint density at radius 2 is 1.79 bits per heavy atom. The van der Waals surface area contributed by atoms with Crippen LogP contribution in [0.15, 0.2) is 36.4 Å². The molecule has 0 radical (unpaired) electrons. The van der Waals surface area contributed by atoms with Gasteiger partial charge in [-0.15, -0.1) is 0 Å². The molecule has 0 spiro atoms. The average Bonchev–Trinajstić information content (AvgIpc) is 2.89. The molecular formula is C18H21F3N2O. The third kappa shape index (κ3) is 3.80. The normalized spacial score (nSPS) is 23.0. The lowest BCUT2D eigenvalue weighted by atomic mass is 10.0. The second kappa shape index (κ2) is 6.97. The summed E-state index contributed by atoms with van der Waals surface area (Å²) in [5.74, 6) is -0.542. The lowest BCUT2D eigenvalue weighted by molar-refractivity contribution is -0.126. The Labute approximate surface area is 139 Å². The maximum absolute atomic E-state index is 13.4. The molecular weight excluding hydrogens is 317 g/mol. The molecule has 3 nitrogen and oxygen atoms in total. The van der Waals surface area contributed by atoms with Gasteiger partial charge in [-0.1, -0.05) is 30.3 Å². The Kier molecular flexibility index (Phi) is 4.94. The minimum absolute atomic E-state index is 0.0238. The zero-order chi connectivity index (χ0) is 17.2. The van der Waals surface area contributed by atoms with Crippen molar-refractivity contribution in [2.45, 2.75) is 31.5 Å². The number of benzene rings is 1. The van der Waals surface area contributed by atoms with Gasteiger partial charge in [0.25, 0.3) is 0 Å². The molecule has 3 rings (SSSR count). The average molecular weight is 338 g/mol. The number of carbonyl (C=O) groups is 1. The van der Waals surface area contributed by atoms with Crippen molar-refractivity contribution in [3.63, 3.8) is 0 Å². The highest BCUT2D eigenvalue weighted by Crippen LogP contribution is 2.34. The first-order chi connectivity index (χ1) is 11.4. The van der Waals surface area contributed by atoms with E-state index >= 15 is 0 Å². The van der Waals surface area contributed by atoms with Crippen molar-refractivity contribution in [3.8, 4) is 0 Å². The third-order valence-corrected chi connectivity index (χ3v) is 4.77. The van der Waals surface area contributed by atoms with E-state index in [0.717, 1.165) is 38.4 Å². The van der Waals surface area contributed by atoms with Crippen molar-refractivity contribution in [1.29, 1.82) is 0 Å². The van der Waals surface area contributed by atoms with E-state index in [9.17, 15) is 18.0 Å². The molecule has 2 heterocycles. The van der Waals surface area contributed by atoms with Crippen LogP contribution in [0.1, 0.15) is 24.8 Å². The molecule has 6 heteroatoms. The number of carbonyl (C=O) groups excluding carboxylic acids is 1. The number of hydrogen-bond donors (Lipinski definition) is 0. The lowest BCUT2D eigenvalue weighted by Crippen LogP contribution is -2.39. The van der Waals surface area contributed by atoms with Crippen molar-refractivity contribution in [3.05, 3.63) is 42.0 Å². The summed E-state index contributed by atoms with van der Waals surface area (Å²) in [5, 5.41) is 0. The van der Waals surface area contributed by atoms with Gasteiger partial charge in [0.2, 0.25) is 5.91 Å². The predicted molar refractivity (Wildman–Crippen MR) is 86.3 cm³/mol. The molecule has 2 saturated heterocycles. The number of hydrogen-bond acceptors (Lipinski definition) is 2. The fraction of sp³-hybridized carbons (Fsp3) is 0.500. The van der Waals surface area contributed by atoms with Gasteiger partial charge in [-0.25, -0.2) is 0 Å². The lowest BCUT2D eigenvalue weighted by Gasteiger charge is -2.25. The van der Waals surface area contributed by atoms with Crippen LogP contribution in [-0.4, -0.2) is 54.1 Å². The summed E-state index contributed by atoms with van der Waals surface area (Å²) >= 11 is 0. The maximum Gasteiger partial charge on any atom is 0.417 e. The number of allylic oxidation sites excluding steroid dienone is 1. The van der Waals surface area contributed by atoms with Crippen molar-refractivity contribution >= 4 is 11.5 Å². The van der Waals surface area contributed by atoms with E-state index in [-0.39, 0.29) is 11.6 Å². The van der Waals surface area contributed by atoms with Crippen molar-refractivity contribution in [2.75, 3.05) is 26.2 Å². The number of halogens is 3. The highest BCUT2D eigenvalue weighted by atomic mass is 19.4. The van der Waals surface area contributed by atoms with E-state index in [1.54, 1.807) is 23.1 Å². The van der Waals surface area contributed by atoms with Crippen LogP contribution in [-0.2, 0) is 4.79 Å². The van der Waals surface area contributed by atoms with E-state index in [1.807, 2.05) is 0 Å². The van der Waals surface area contributed by atoms with Gasteiger partial charge in [0.1, 0.15) is 0 Å². The zero-order valence-electron chi connectivity index (χ0n) is 13.4. The summed E-state index contributed by atoms with van der Waals surface area (Å²) in [7, 11) is 0. The maximum atomic E-state index is 13.4. The molecule has 24 heavy (non-hydrogen) atoms. The zero-order valence-corrected chi connectivity index (χ0v) is 13.4. The van der Waals surface area contributed by atoms with Gasteiger partial charge >= 0.3 is 6.18 Å². The van der Waals surface area contributed by atoms with Gasteiger partial charge in [-0.05, 0) is 31.4 Å². The second-order valence-electron chi connectivity index (χ2n) is 6.39. The van der Waals surface area contributed by atoms with E-state index < -0.39 is 17.7 Å². The van der Waals surface area contributed by atoms with Crippen LogP contribution in [0, 0.1) is 0 Å². The highest BCUT2D eigenvalue weighted by Gasteiger charge is 2.36. The number of amides is 1. The van der Waals surface area contributed by atoms with E-state index in [2.05, 4.69) is 4.90 Å². The van der Waals surface area contributed by atoms with E-state index in [1.165, 1.54) is 12.1 Å². The van der Waals surface area contributed by atoms with Crippen LogP contribution in [0.2, 0.25) is 0 Å². The molecule has 2 fully saturated rings.